The van der Waals surface area contributed by atoms with E-state index in [2.05, 4.69) is 6.92 Å². The molecule has 4 heteroatoms. The Morgan fingerprint density at radius 2 is 1.79 bits per heavy atom. The van der Waals surface area contributed by atoms with Gasteiger partial charge in [0.2, 0.25) is 0 Å². The van der Waals surface area contributed by atoms with Crippen LogP contribution in [0.5, 0.6) is 0 Å². The molecular weight excluding hydrogens is 340 g/mol. The number of ketones is 2. The Kier molecular flexibility index (Phi) is 4.67. The number of thiophene rings is 1. The fourth-order valence-electron chi connectivity index (χ4n) is 3.54. The van der Waals surface area contributed by atoms with Crippen molar-refractivity contribution in [1.29, 1.82) is 0 Å². The number of hydrogen-bond donors (Lipinski definition) is 0. The Hall–Kier alpha value is -1.45. The van der Waals surface area contributed by atoms with E-state index in [9.17, 15) is 9.59 Å². The molecule has 1 aromatic heterocycles. The van der Waals surface area contributed by atoms with Crippen LogP contribution in [0.3, 0.4) is 0 Å². The first-order valence-electron chi connectivity index (χ1n) is 8.25. The van der Waals surface area contributed by atoms with Crippen molar-refractivity contribution < 1.29 is 9.59 Å². The van der Waals surface area contributed by atoms with Gasteiger partial charge >= 0.3 is 0 Å². The molecule has 1 aromatic carbocycles. The first-order valence-corrected chi connectivity index (χ1v) is 9.44. The lowest BCUT2D eigenvalue weighted by Gasteiger charge is -2.33. The van der Waals surface area contributed by atoms with Crippen LogP contribution in [-0.4, -0.2) is 11.6 Å². The summed E-state index contributed by atoms with van der Waals surface area (Å²) >= 11 is 7.55. The largest absolute Gasteiger partial charge is 0.299 e. The molecule has 3 rings (SSSR count). The third-order valence-corrected chi connectivity index (χ3v) is 5.93. The molecule has 0 aliphatic heterocycles. The molecule has 0 unspecified atom stereocenters. The molecule has 1 saturated carbocycles. The minimum atomic E-state index is -0.608. The van der Waals surface area contributed by atoms with Gasteiger partial charge < -0.3 is 0 Å². The molecule has 0 amide bonds. The van der Waals surface area contributed by atoms with E-state index in [0.29, 0.717) is 12.8 Å². The van der Waals surface area contributed by atoms with Gasteiger partial charge in [0.25, 0.3) is 0 Å². The predicted molar refractivity (Wildman–Crippen MR) is 99.9 cm³/mol. The van der Waals surface area contributed by atoms with Crippen molar-refractivity contribution in [1.82, 2.24) is 0 Å². The summed E-state index contributed by atoms with van der Waals surface area (Å²) in [6, 6.07) is 9.95. The van der Waals surface area contributed by atoms with Gasteiger partial charge in [-0.05, 0) is 46.7 Å². The molecule has 0 bridgehead atoms. The lowest BCUT2D eigenvalue weighted by molar-refractivity contribution is -0.135. The average Bonchev–Trinajstić information content (AvgIpc) is 2.91. The summed E-state index contributed by atoms with van der Waals surface area (Å²) in [4.78, 5) is 26.5. The van der Waals surface area contributed by atoms with Crippen LogP contribution < -0.4 is 0 Å². The predicted octanol–water partition coefficient (Wildman–Crippen LogP) is 5.67. The van der Waals surface area contributed by atoms with E-state index in [-0.39, 0.29) is 17.0 Å². The SMILES string of the molecule is CCc1ccc(-c2ccc(Cl)s2)cc1C1C(=O)CC(C)(C)CC1=O. The highest BCUT2D eigenvalue weighted by atomic mass is 35.5. The molecule has 24 heavy (non-hydrogen) atoms. The number of rotatable bonds is 3. The Morgan fingerprint density at radius 1 is 1.12 bits per heavy atom. The Balaban J connectivity index is 2.06. The van der Waals surface area contributed by atoms with Crippen molar-refractivity contribution in [3.63, 3.8) is 0 Å². The zero-order valence-electron chi connectivity index (χ0n) is 14.2. The number of halogens is 1. The number of Topliss-reactive ketones (excluding diaryl/α,β-unsaturated/α-hetero) is 2. The second-order valence-electron chi connectivity index (χ2n) is 7.25. The molecule has 1 aliphatic rings. The molecule has 126 valence electrons. The van der Waals surface area contributed by atoms with Crippen LogP contribution >= 0.6 is 22.9 Å². The maximum atomic E-state index is 12.7. The Labute approximate surface area is 151 Å². The van der Waals surface area contributed by atoms with Crippen LogP contribution in [-0.2, 0) is 16.0 Å². The van der Waals surface area contributed by atoms with Gasteiger partial charge in [-0.2, -0.15) is 0 Å². The van der Waals surface area contributed by atoms with Crippen molar-refractivity contribution in [2.75, 3.05) is 0 Å². The van der Waals surface area contributed by atoms with E-state index in [1.807, 2.05) is 44.2 Å². The van der Waals surface area contributed by atoms with E-state index >= 15 is 0 Å². The first kappa shape index (κ1) is 17.4. The second kappa shape index (κ2) is 6.45. The van der Waals surface area contributed by atoms with E-state index in [1.54, 1.807) is 0 Å². The molecular formula is C20H21ClO2S. The highest BCUT2D eigenvalue weighted by molar-refractivity contribution is 7.19. The quantitative estimate of drug-likeness (QED) is 0.660. The van der Waals surface area contributed by atoms with Crippen molar-refractivity contribution in [3.8, 4) is 10.4 Å². The van der Waals surface area contributed by atoms with Gasteiger partial charge in [-0.15, -0.1) is 11.3 Å². The van der Waals surface area contributed by atoms with Crippen LogP contribution in [0.4, 0.5) is 0 Å². The maximum Gasteiger partial charge on any atom is 0.148 e. The summed E-state index contributed by atoms with van der Waals surface area (Å²) in [6.07, 6.45) is 1.73. The maximum absolute atomic E-state index is 12.7. The summed E-state index contributed by atoms with van der Waals surface area (Å²) in [5.41, 5.74) is 2.75. The van der Waals surface area contributed by atoms with Gasteiger partial charge in [-0.3, -0.25) is 9.59 Å². The number of benzene rings is 1. The standard InChI is InChI=1S/C20H21ClO2S/c1-4-12-5-6-13(17-7-8-18(21)24-17)9-14(12)19-15(22)10-20(2,3)11-16(19)23/h5-9,19H,4,10-11H2,1-3H3. The van der Waals surface area contributed by atoms with Gasteiger partial charge in [0.15, 0.2) is 0 Å². The highest BCUT2D eigenvalue weighted by Crippen LogP contribution is 2.40. The smallest absolute Gasteiger partial charge is 0.148 e. The molecule has 0 radical (unpaired) electrons. The summed E-state index contributed by atoms with van der Waals surface area (Å²) in [5, 5.41) is 0. The van der Waals surface area contributed by atoms with Gasteiger partial charge in [-0.25, -0.2) is 0 Å². The van der Waals surface area contributed by atoms with Crippen LogP contribution in [0.25, 0.3) is 10.4 Å². The van der Waals surface area contributed by atoms with E-state index in [1.165, 1.54) is 11.3 Å². The van der Waals surface area contributed by atoms with Crippen molar-refractivity contribution in [2.24, 2.45) is 5.41 Å². The molecule has 2 aromatic rings. The van der Waals surface area contributed by atoms with E-state index < -0.39 is 5.92 Å². The Bertz CT molecular complexity index is 784. The number of carbonyl (C=O) groups is 2. The van der Waals surface area contributed by atoms with Crippen molar-refractivity contribution in [3.05, 3.63) is 45.8 Å². The zero-order chi connectivity index (χ0) is 17.5. The highest BCUT2D eigenvalue weighted by Gasteiger charge is 2.41. The van der Waals surface area contributed by atoms with E-state index in [0.717, 1.165) is 32.3 Å². The van der Waals surface area contributed by atoms with Crippen molar-refractivity contribution in [2.45, 2.75) is 46.0 Å². The molecule has 0 saturated heterocycles. The van der Waals surface area contributed by atoms with Crippen molar-refractivity contribution >= 4 is 34.5 Å². The molecule has 0 spiro atoms. The molecule has 0 atom stereocenters. The minimum absolute atomic E-state index is 0.0484. The lowest BCUT2D eigenvalue weighted by Crippen LogP contribution is -2.36. The van der Waals surface area contributed by atoms with Gasteiger partial charge in [0.05, 0.1) is 4.34 Å². The lowest BCUT2D eigenvalue weighted by atomic mass is 9.69. The Morgan fingerprint density at radius 3 is 2.33 bits per heavy atom. The topological polar surface area (TPSA) is 34.1 Å². The third-order valence-electron chi connectivity index (χ3n) is 4.65. The zero-order valence-corrected chi connectivity index (χ0v) is 15.8. The number of aryl methyl sites for hydroxylation is 1. The molecule has 1 fully saturated rings. The van der Waals surface area contributed by atoms with Crippen LogP contribution in [0.2, 0.25) is 4.34 Å². The van der Waals surface area contributed by atoms with Crippen LogP contribution in [0.15, 0.2) is 30.3 Å². The average molecular weight is 361 g/mol. The first-order chi connectivity index (χ1) is 11.3. The molecule has 0 N–H and O–H groups in total. The second-order valence-corrected chi connectivity index (χ2v) is 8.97. The summed E-state index contributed by atoms with van der Waals surface area (Å²) in [7, 11) is 0. The van der Waals surface area contributed by atoms with Crippen LogP contribution in [0, 0.1) is 5.41 Å². The molecule has 2 nitrogen and oxygen atoms in total. The van der Waals surface area contributed by atoms with Gasteiger partial charge in [0, 0.05) is 17.7 Å². The number of hydrogen-bond acceptors (Lipinski definition) is 3. The fourth-order valence-corrected chi connectivity index (χ4v) is 4.58. The minimum Gasteiger partial charge on any atom is -0.299 e. The van der Waals surface area contributed by atoms with Gasteiger partial charge in [0.1, 0.15) is 17.5 Å². The van der Waals surface area contributed by atoms with E-state index in [4.69, 9.17) is 11.6 Å². The number of carbonyl (C=O) groups excluding carboxylic acids is 2. The summed E-state index contributed by atoms with van der Waals surface area (Å²) in [6.45, 7) is 6.04. The monoisotopic (exact) mass is 360 g/mol. The van der Waals surface area contributed by atoms with Gasteiger partial charge in [-0.1, -0.05) is 44.5 Å². The molecule has 1 aliphatic carbocycles. The summed E-state index contributed by atoms with van der Waals surface area (Å²) in [5.74, 6) is -0.511. The molecule has 1 heterocycles. The normalized spacial score (nSPS) is 18.2. The third kappa shape index (κ3) is 3.33. The van der Waals surface area contributed by atoms with Crippen LogP contribution in [0.1, 0.15) is 50.7 Å². The fraction of sp³-hybridized carbons (Fsp3) is 0.400. The summed E-state index contributed by atoms with van der Waals surface area (Å²) < 4.78 is 0.734.